The first-order valence-corrected chi connectivity index (χ1v) is 11.4. The van der Waals surface area contributed by atoms with Crippen molar-refractivity contribution >= 4 is 11.6 Å². The van der Waals surface area contributed by atoms with Gasteiger partial charge < -0.3 is 10.2 Å². The van der Waals surface area contributed by atoms with Crippen LogP contribution in [0.15, 0.2) is 84.9 Å². The van der Waals surface area contributed by atoms with E-state index in [1.165, 1.54) is 30.4 Å². The van der Waals surface area contributed by atoms with E-state index < -0.39 is 0 Å². The predicted molar refractivity (Wildman–Crippen MR) is 128 cm³/mol. The number of nitrogens with one attached hydrogen (secondary N) is 1. The zero-order valence-electron chi connectivity index (χ0n) is 18.3. The molecule has 0 saturated heterocycles. The Labute approximate surface area is 186 Å². The van der Waals surface area contributed by atoms with Crippen molar-refractivity contribution in [2.45, 2.75) is 57.7 Å². The molecule has 0 aliphatic heterocycles. The molecular weight excluding hydrogens is 380 g/mol. The summed E-state index contributed by atoms with van der Waals surface area (Å²) in [7, 11) is 0. The van der Waals surface area contributed by atoms with Gasteiger partial charge in [0, 0.05) is 18.3 Å². The number of hydrogen-bond donors (Lipinski definition) is 1. The highest BCUT2D eigenvalue weighted by Crippen LogP contribution is 2.30. The molecule has 1 atom stereocenters. The second kappa shape index (κ2) is 10.3. The van der Waals surface area contributed by atoms with Gasteiger partial charge in [-0.2, -0.15) is 0 Å². The number of para-hydroxylation sites is 1. The van der Waals surface area contributed by atoms with Gasteiger partial charge in [0.25, 0.3) is 0 Å². The van der Waals surface area contributed by atoms with E-state index in [4.69, 9.17) is 0 Å². The Hall–Kier alpha value is -3.07. The Bertz CT molecular complexity index is 947. The van der Waals surface area contributed by atoms with E-state index >= 15 is 0 Å². The van der Waals surface area contributed by atoms with Crippen LogP contribution in [0, 0.1) is 6.92 Å². The summed E-state index contributed by atoms with van der Waals surface area (Å²) < 4.78 is 0. The topological polar surface area (TPSA) is 32.3 Å². The number of rotatable bonds is 7. The molecule has 1 aliphatic carbocycles. The summed E-state index contributed by atoms with van der Waals surface area (Å²) in [5.41, 5.74) is 4.47. The summed E-state index contributed by atoms with van der Waals surface area (Å²) >= 11 is 0. The van der Waals surface area contributed by atoms with E-state index in [0.29, 0.717) is 6.54 Å². The second-order valence-electron chi connectivity index (χ2n) is 8.61. The molecule has 3 heteroatoms. The first-order valence-electron chi connectivity index (χ1n) is 11.4. The number of carbonyl (C=O) groups excluding carboxylic acids is 1. The number of aryl methyl sites for hydroxylation is 1. The molecule has 1 unspecified atom stereocenters. The Morgan fingerprint density at radius 2 is 1.48 bits per heavy atom. The maximum absolute atomic E-state index is 13.7. The van der Waals surface area contributed by atoms with Crippen LogP contribution in [0.3, 0.4) is 0 Å². The molecule has 3 aromatic rings. The molecule has 0 radical (unpaired) electrons. The minimum absolute atomic E-state index is 0.0931. The van der Waals surface area contributed by atoms with Crippen LogP contribution in [-0.2, 0) is 11.3 Å². The third-order valence-electron chi connectivity index (χ3n) is 6.19. The summed E-state index contributed by atoms with van der Waals surface area (Å²) in [4.78, 5) is 16.0. The Kier molecular flexibility index (Phi) is 7.03. The quantitative estimate of drug-likeness (QED) is 0.502. The van der Waals surface area contributed by atoms with Crippen molar-refractivity contribution in [1.82, 2.24) is 5.32 Å². The summed E-state index contributed by atoms with van der Waals surface area (Å²) in [5.74, 6) is 0.0931. The normalized spacial score (nSPS) is 15.3. The van der Waals surface area contributed by atoms with Crippen molar-refractivity contribution in [3.05, 3.63) is 102 Å². The molecule has 3 nitrogen and oxygen atoms in total. The van der Waals surface area contributed by atoms with Gasteiger partial charge in [0.1, 0.15) is 6.04 Å². The van der Waals surface area contributed by atoms with E-state index in [0.717, 1.165) is 24.1 Å². The van der Waals surface area contributed by atoms with Crippen molar-refractivity contribution in [2.75, 3.05) is 4.90 Å². The van der Waals surface area contributed by atoms with Crippen molar-refractivity contribution in [3.63, 3.8) is 0 Å². The third-order valence-corrected chi connectivity index (χ3v) is 6.19. The van der Waals surface area contributed by atoms with Gasteiger partial charge in [-0.1, -0.05) is 97.6 Å². The van der Waals surface area contributed by atoms with Crippen LogP contribution in [0.4, 0.5) is 5.69 Å². The van der Waals surface area contributed by atoms with E-state index in [1.807, 2.05) is 24.3 Å². The average Bonchev–Trinajstić information content (AvgIpc) is 2.82. The van der Waals surface area contributed by atoms with Crippen LogP contribution in [0.2, 0.25) is 0 Å². The van der Waals surface area contributed by atoms with Gasteiger partial charge >= 0.3 is 0 Å². The summed E-state index contributed by atoms with van der Waals surface area (Å²) in [6.07, 6.45) is 5.84. The highest BCUT2D eigenvalue weighted by atomic mass is 16.2. The lowest BCUT2D eigenvalue weighted by molar-refractivity contribution is -0.123. The largest absolute Gasteiger partial charge is 0.352 e. The molecule has 31 heavy (non-hydrogen) atoms. The SMILES string of the molecule is Cc1ccc(C(C(=O)NC2CCCCC2)N(Cc2ccccc2)c2ccccc2)cc1. The number of anilines is 1. The molecule has 4 rings (SSSR count). The maximum atomic E-state index is 13.7. The molecule has 0 heterocycles. The fourth-order valence-electron chi connectivity index (χ4n) is 4.48. The smallest absolute Gasteiger partial charge is 0.247 e. The van der Waals surface area contributed by atoms with Gasteiger partial charge in [-0.3, -0.25) is 4.79 Å². The molecule has 160 valence electrons. The van der Waals surface area contributed by atoms with Gasteiger partial charge in [-0.25, -0.2) is 0 Å². The Balaban J connectivity index is 1.71. The van der Waals surface area contributed by atoms with E-state index in [9.17, 15) is 4.79 Å². The Morgan fingerprint density at radius 3 is 2.13 bits per heavy atom. The molecular formula is C28H32N2O. The summed E-state index contributed by atoms with van der Waals surface area (Å²) in [6, 6.07) is 29.0. The molecule has 0 spiro atoms. The first kappa shape index (κ1) is 21.2. The lowest BCUT2D eigenvalue weighted by atomic mass is 9.94. The fraction of sp³-hybridized carbons (Fsp3) is 0.321. The van der Waals surface area contributed by atoms with Crippen LogP contribution in [0.1, 0.15) is 54.8 Å². The van der Waals surface area contributed by atoms with Crippen LogP contribution >= 0.6 is 0 Å². The minimum atomic E-state index is -0.384. The third kappa shape index (κ3) is 5.55. The fourth-order valence-corrected chi connectivity index (χ4v) is 4.48. The summed E-state index contributed by atoms with van der Waals surface area (Å²) in [5, 5.41) is 3.39. The van der Waals surface area contributed by atoms with E-state index in [-0.39, 0.29) is 18.0 Å². The highest BCUT2D eigenvalue weighted by Gasteiger charge is 2.30. The summed E-state index contributed by atoms with van der Waals surface area (Å²) in [6.45, 7) is 2.75. The van der Waals surface area contributed by atoms with Crippen LogP contribution in [0.5, 0.6) is 0 Å². The second-order valence-corrected chi connectivity index (χ2v) is 8.61. The molecule has 3 aromatic carbocycles. The average molecular weight is 413 g/mol. The zero-order chi connectivity index (χ0) is 21.5. The number of amides is 1. The monoisotopic (exact) mass is 412 g/mol. The van der Waals surface area contributed by atoms with Crippen molar-refractivity contribution in [1.29, 1.82) is 0 Å². The van der Waals surface area contributed by atoms with Gasteiger partial charge in [0.05, 0.1) is 0 Å². The van der Waals surface area contributed by atoms with Gasteiger partial charge in [0.2, 0.25) is 5.91 Å². The predicted octanol–water partition coefficient (Wildman–Crippen LogP) is 6.19. The van der Waals surface area contributed by atoms with Gasteiger partial charge in [-0.15, -0.1) is 0 Å². The highest BCUT2D eigenvalue weighted by molar-refractivity contribution is 5.87. The molecule has 1 aliphatic rings. The van der Waals surface area contributed by atoms with Crippen LogP contribution in [-0.4, -0.2) is 11.9 Å². The van der Waals surface area contributed by atoms with Crippen molar-refractivity contribution in [3.8, 4) is 0 Å². The maximum Gasteiger partial charge on any atom is 0.247 e. The molecule has 0 aromatic heterocycles. The first-order chi connectivity index (χ1) is 15.2. The zero-order valence-corrected chi connectivity index (χ0v) is 18.3. The number of hydrogen-bond acceptors (Lipinski definition) is 2. The van der Waals surface area contributed by atoms with Gasteiger partial charge in [0.15, 0.2) is 0 Å². The van der Waals surface area contributed by atoms with E-state index in [2.05, 4.69) is 77.8 Å². The number of carbonyl (C=O) groups is 1. The van der Waals surface area contributed by atoms with Crippen LogP contribution < -0.4 is 10.2 Å². The lowest BCUT2D eigenvalue weighted by Gasteiger charge is -2.35. The van der Waals surface area contributed by atoms with E-state index in [1.54, 1.807) is 0 Å². The Morgan fingerprint density at radius 1 is 0.871 bits per heavy atom. The van der Waals surface area contributed by atoms with Crippen molar-refractivity contribution < 1.29 is 4.79 Å². The molecule has 0 bridgehead atoms. The number of nitrogens with zero attached hydrogens (tertiary/aromatic N) is 1. The number of benzene rings is 3. The standard InChI is InChI=1S/C28H32N2O/c1-22-17-19-24(20-18-22)27(28(31)29-25-13-7-3-8-14-25)30(26-15-9-4-10-16-26)21-23-11-5-2-6-12-23/h2,4-6,9-12,15-20,25,27H,3,7-8,13-14,21H2,1H3,(H,29,31). The lowest BCUT2D eigenvalue weighted by Crippen LogP contribution is -2.45. The van der Waals surface area contributed by atoms with Gasteiger partial charge in [-0.05, 0) is 43.0 Å². The molecule has 1 fully saturated rings. The minimum Gasteiger partial charge on any atom is -0.352 e. The molecule has 1 N–H and O–H groups in total. The molecule has 1 saturated carbocycles. The van der Waals surface area contributed by atoms with Crippen LogP contribution in [0.25, 0.3) is 0 Å². The molecule has 1 amide bonds. The van der Waals surface area contributed by atoms with Crippen molar-refractivity contribution in [2.24, 2.45) is 0 Å².